The SMILES string of the molecule is CCOC(COCCOCCOc1cc(-c2scnc2C)ccc1CNC(=O)[C@@H]1C[C@@H](O)CN1C(=O)[C@@H](NC(=O)C1(F)CC1)C(C)(C)C)OCC. The number of nitrogens with one attached hydrogen (secondary N) is 2. The van der Waals surface area contributed by atoms with Crippen LogP contribution in [0.3, 0.4) is 0 Å². The monoisotopic (exact) mass is 736 g/mol. The van der Waals surface area contributed by atoms with Gasteiger partial charge in [-0.1, -0.05) is 32.9 Å². The molecule has 2 fully saturated rings. The number of aliphatic hydroxyl groups is 1. The number of aromatic nitrogens is 1. The third-order valence-corrected chi connectivity index (χ3v) is 9.67. The molecule has 1 saturated carbocycles. The third-order valence-electron chi connectivity index (χ3n) is 8.69. The van der Waals surface area contributed by atoms with Gasteiger partial charge in [-0.2, -0.15) is 0 Å². The maximum Gasteiger partial charge on any atom is 0.258 e. The zero-order valence-electron chi connectivity index (χ0n) is 30.5. The van der Waals surface area contributed by atoms with Gasteiger partial charge in [-0.05, 0) is 50.7 Å². The number of amides is 3. The number of β-amino-alcohol motifs (C(OH)–C–C–N with tert-alkyl or cyclic N) is 1. The van der Waals surface area contributed by atoms with Crippen molar-refractivity contribution in [1.29, 1.82) is 0 Å². The van der Waals surface area contributed by atoms with E-state index in [0.717, 1.165) is 16.1 Å². The summed E-state index contributed by atoms with van der Waals surface area (Å²) in [6, 6.07) is 3.64. The summed E-state index contributed by atoms with van der Waals surface area (Å²) in [6.07, 6.45) is -1.09. The van der Waals surface area contributed by atoms with Crippen LogP contribution in [0.4, 0.5) is 4.39 Å². The van der Waals surface area contributed by atoms with E-state index in [-0.39, 0.29) is 39.0 Å². The molecule has 0 bridgehead atoms. The number of carbonyl (C=O) groups is 3. The highest BCUT2D eigenvalue weighted by Crippen LogP contribution is 2.40. The summed E-state index contributed by atoms with van der Waals surface area (Å²) in [5.74, 6) is -1.28. The van der Waals surface area contributed by atoms with E-state index in [1.165, 1.54) is 16.2 Å². The molecule has 1 aliphatic carbocycles. The van der Waals surface area contributed by atoms with E-state index >= 15 is 0 Å². The van der Waals surface area contributed by atoms with Crippen molar-refractivity contribution < 1.29 is 47.6 Å². The molecule has 2 aromatic rings. The van der Waals surface area contributed by atoms with Gasteiger partial charge in [0.1, 0.15) is 24.4 Å². The van der Waals surface area contributed by atoms with Gasteiger partial charge in [0.15, 0.2) is 12.0 Å². The number of nitrogens with zero attached hydrogens (tertiary/aromatic N) is 2. The summed E-state index contributed by atoms with van der Waals surface area (Å²) in [4.78, 5) is 46.6. The summed E-state index contributed by atoms with van der Waals surface area (Å²) in [6.45, 7) is 13.6. The largest absolute Gasteiger partial charge is 0.491 e. The van der Waals surface area contributed by atoms with Crippen LogP contribution in [-0.4, -0.2) is 116 Å². The third kappa shape index (κ3) is 11.4. The van der Waals surface area contributed by atoms with Gasteiger partial charge in [-0.3, -0.25) is 14.4 Å². The maximum atomic E-state index is 14.5. The van der Waals surface area contributed by atoms with Crippen LogP contribution in [0.15, 0.2) is 23.7 Å². The molecule has 3 N–H and O–H groups in total. The molecule has 3 atom stereocenters. The maximum absolute atomic E-state index is 14.5. The highest BCUT2D eigenvalue weighted by Gasteiger charge is 2.53. The number of ether oxygens (including phenoxy) is 5. The van der Waals surface area contributed by atoms with Gasteiger partial charge < -0.3 is 44.3 Å². The normalized spacial score (nSPS) is 18.9. The lowest BCUT2D eigenvalue weighted by Gasteiger charge is -2.35. The Hall–Kier alpha value is -3.21. The second-order valence-corrected chi connectivity index (χ2v) is 14.7. The predicted octanol–water partition coefficient (Wildman–Crippen LogP) is 3.54. The van der Waals surface area contributed by atoms with Crippen LogP contribution in [0.2, 0.25) is 0 Å². The predicted molar refractivity (Wildman–Crippen MR) is 189 cm³/mol. The van der Waals surface area contributed by atoms with Crippen molar-refractivity contribution in [3.8, 4) is 16.2 Å². The molecule has 2 aliphatic rings. The molecular formula is C36H53FN4O9S. The number of rotatable bonds is 20. The van der Waals surface area contributed by atoms with Gasteiger partial charge >= 0.3 is 0 Å². The van der Waals surface area contributed by atoms with Gasteiger partial charge in [-0.25, -0.2) is 9.37 Å². The number of halogens is 1. The highest BCUT2D eigenvalue weighted by atomic mass is 32.1. The fourth-order valence-electron chi connectivity index (χ4n) is 5.70. The van der Waals surface area contributed by atoms with Crippen LogP contribution < -0.4 is 15.4 Å². The molecule has 1 saturated heterocycles. The molecule has 13 nitrogen and oxygen atoms in total. The number of benzene rings is 1. The standard InChI is InChI=1S/C36H53FN4O9S/c1-7-48-29(49-8-2)21-47-14-13-46-15-16-50-28-17-24(30-23(3)39-22-51-30)9-10-25(28)19-38-32(43)27-18-26(42)20-41(27)33(44)31(35(4,5)6)40-34(45)36(37)11-12-36/h9-10,17,22,26-27,29,31,42H,7-8,11-16,18-21H2,1-6H3,(H,38,43)(H,40,45)/t26-,27+,31-/m1/s1. The van der Waals surface area contributed by atoms with Crippen molar-refractivity contribution in [2.24, 2.45) is 5.41 Å². The molecule has 51 heavy (non-hydrogen) atoms. The highest BCUT2D eigenvalue weighted by molar-refractivity contribution is 7.13. The van der Waals surface area contributed by atoms with E-state index in [1.54, 1.807) is 26.3 Å². The van der Waals surface area contributed by atoms with Crippen LogP contribution in [0.5, 0.6) is 5.75 Å². The first kappa shape index (κ1) is 40.6. The van der Waals surface area contributed by atoms with E-state index < -0.39 is 53.3 Å². The minimum atomic E-state index is -1.96. The first-order valence-corrected chi connectivity index (χ1v) is 18.5. The van der Waals surface area contributed by atoms with Crippen molar-refractivity contribution >= 4 is 29.1 Å². The molecule has 284 valence electrons. The summed E-state index contributed by atoms with van der Waals surface area (Å²) in [5.41, 5.74) is 1.55. The van der Waals surface area contributed by atoms with Crippen molar-refractivity contribution in [3.05, 3.63) is 35.0 Å². The average Bonchev–Trinajstić information content (AvgIpc) is 3.49. The molecule has 15 heteroatoms. The van der Waals surface area contributed by atoms with E-state index in [9.17, 15) is 23.9 Å². The fraction of sp³-hybridized carbons (Fsp3) is 0.667. The summed E-state index contributed by atoms with van der Waals surface area (Å²) in [7, 11) is 0. The van der Waals surface area contributed by atoms with Crippen LogP contribution in [0, 0.1) is 12.3 Å². The van der Waals surface area contributed by atoms with Crippen LogP contribution in [0.1, 0.15) is 65.1 Å². The van der Waals surface area contributed by atoms with Crippen LogP contribution in [-0.2, 0) is 39.9 Å². The van der Waals surface area contributed by atoms with E-state index in [4.69, 9.17) is 23.7 Å². The minimum Gasteiger partial charge on any atom is -0.491 e. The Balaban J connectivity index is 1.37. The van der Waals surface area contributed by atoms with E-state index in [1.807, 2.05) is 39.0 Å². The fourth-order valence-corrected chi connectivity index (χ4v) is 6.50. The van der Waals surface area contributed by atoms with Gasteiger partial charge in [0, 0.05) is 38.3 Å². The molecule has 4 rings (SSSR count). The lowest BCUT2D eigenvalue weighted by atomic mass is 9.85. The molecule has 0 unspecified atom stereocenters. The number of hydrogen-bond acceptors (Lipinski definition) is 11. The van der Waals surface area contributed by atoms with Crippen molar-refractivity contribution in [3.63, 3.8) is 0 Å². The number of hydrogen-bond donors (Lipinski definition) is 3. The first-order chi connectivity index (χ1) is 24.3. The molecule has 1 aromatic heterocycles. The minimum absolute atomic E-state index is 0.0291. The first-order valence-electron chi connectivity index (χ1n) is 17.6. The van der Waals surface area contributed by atoms with Crippen molar-refractivity contribution in [2.45, 2.75) is 97.5 Å². The van der Waals surface area contributed by atoms with Gasteiger partial charge in [0.2, 0.25) is 11.8 Å². The summed E-state index contributed by atoms with van der Waals surface area (Å²) >= 11 is 1.51. The van der Waals surface area contributed by atoms with Gasteiger partial charge in [-0.15, -0.1) is 11.3 Å². The summed E-state index contributed by atoms with van der Waals surface area (Å²) < 4.78 is 42.9. The van der Waals surface area contributed by atoms with Crippen LogP contribution in [0.25, 0.3) is 10.4 Å². The molecule has 1 aromatic carbocycles. The number of thiazole rings is 1. The smallest absolute Gasteiger partial charge is 0.258 e. The zero-order valence-corrected chi connectivity index (χ0v) is 31.3. The Morgan fingerprint density at radius 3 is 2.41 bits per heavy atom. The number of likely N-dealkylation sites (tertiary alicyclic amines) is 1. The second kappa shape index (κ2) is 18.5. The molecule has 0 spiro atoms. The number of carbonyl (C=O) groups excluding carboxylic acids is 3. The molecular weight excluding hydrogens is 683 g/mol. The topological polar surface area (TPSA) is 158 Å². The Bertz CT molecular complexity index is 1460. The quantitative estimate of drug-likeness (QED) is 0.136. The Morgan fingerprint density at radius 1 is 1.10 bits per heavy atom. The van der Waals surface area contributed by atoms with Crippen LogP contribution >= 0.6 is 11.3 Å². The number of aryl methyl sites for hydroxylation is 1. The van der Waals surface area contributed by atoms with E-state index in [0.29, 0.717) is 51.0 Å². The van der Waals surface area contributed by atoms with Crippen molar-refractivity contribution in [2.75, 3.05) is 52.8 Å². The Labute approximate surface area is 303 Å². The lowest BCUT2D eigenvalue weighted by Crippen LogP contribution is -2.59. The lowest BCUT2D eigenvalue weighted by molar-refractivity contribution is -0.169. The number of aliphatic hydroxyl groups excluding tert-OH is 1. The molecule has 3 amide bonds. The average molecular weight is 737 g/mol. The second-order valence-electron chi connectivity index (χ2n) is 13.8. The molecule has 2 heterocycles. The Kier molecular flexibility index (Phi) is 14.7. The Morgan fingerprint density at radius 2 is 1.78 bits per heavy atom. The number of alkyl halides is 1. The zero-order chi connectivity index (χ0) is 37.2. The molecule has 0 radical (unpaired) electrons. The summed E-state index contributed by atoms with van der Waals surface area (Å²) in [5, 5.41) is 16.0. The van der Waals surface area contributed by atoms with E-state index in [2.05, 4.69) is 15.6 Å². The van der Waals surface area contributed by atoms with Crippen molar-refractivity contribution in [1.82, 2.24) is 20.5 Å². The van der Waals surface area contributed by atoms with Gasteiger partial charge in [0.25, 0.3) is 5.91 Å². The molecule has 1 aliphatic heterocycles. The van der Waals surface area contributed by atoms with Gasteiger partial charge in [0.05, 0.1) is 48.6 Å².